The van der Waals surface area contributed by atoms with Crippen LogP contribution in [0.2, 0.25) is 0 Å². The minimum atomic E-state index is -0.350. The van der Waals surface area contributed by atoms with Gasteiger partial charge in [-0.05, 0) is 32.9 Å². The Hall–Kier alpha value is -2.83. The summed E-state index contributed by atoms with van der Waals surface area (Å²) in [6.07, 6.45) is 0. The summed E-state index contributed by atoms with van der Waals surface area (Å²) in [5.74, 6) is -0.487. The van der Waals surface area contributed by atoms with Gasteiger partial charge in [-0.15, -0.1) is 4.68 Å². The van der Waals surface area contributed by atoms with E-state index in [1.54, 1.807) is 12.1 Å². The number of tetrazole rings is 1. The Morgan fingerprint density at radius 2 is 1.82 bits per heavy atom. The lowest BCUT2D eigenvalue weighted by Gasteiger charge is -1.99. The number of ketones is 2. The first-order valence-corrected chi connectivity index (χ1v) is 6.73. The number of hydrogen-bond donors (Lipinski definition) is 1. The second-order valence-corrected chi connectivity index (χ2v) is 4.91. The minimum absolute atomic E-state index is 0.0355. The summed E-state index contributed by atoms with van der Waals surface area (Å²) in [6.45, 7) is 4.11. The average Bonchev–Trinajstić information content (AvgIpc) is 2.82. The second kappa shape index (κ2) is 6.30. The number of allylic oxidation sites excluding steroid dienone is 2. The topological polar surface area (TPSA) is 89.0 Å². The van der Waals surface area contributed by atoms with Crippen LogP contribution in [0.4, 0.5) is 0 Å². The molecule has 0 aliphatic heterocycles. The van der Waals surface area contributed by atoms with E-state index in [1.807, 2.05) is 18.2 Å². The van der Waals surface area contributed by atoms with E-state index in [4.69, 9.17) is 0 Å². The zero-order chi connectivity index (χ0) is 16.3. The van der Waals surface area contributed by atoms with Crippen molar-refractivity contribution in [1.29, 1.82) is 0 Å². The molecule has 0 spiro atoms. The first-order chi connectivity index (χ1) is 10.4. The minimum Gasteiger partial charge on any atom is -0.512 e. The number of carbonyl (C=O) groups is 2. The van der Waals surface area contributed by atoms with Gasteiger partial charge in [0.05, 0.1) is 10.3 Å². The first-order valence-electron chi connectivity index (χ1n) is 6.73. The molecule has 1 heterocycles. The van der Waals surface area contributed by atoms with Crippen LogP contribution in [0.15, 0.2) is 36.1 Å². The van der Waals surface area contributed by atoms with Gasteiger partial charge in [-0.2, -0.15) is 0 Å². The maximum atomic E-state index is 11.8. The van der Waals surface area contributed by atoms with Gasteiger partial charge < -0.3 is 5.11 Å². The molecule has 2 aromatic rings. The smallest absolute Gasteiger partial charge is 0.337 e. The Kier molecular flexibility index (Phi) is 4.45. The van der Waals surface area contributed by atoms with E-state index in [0.29, 0.717) is 5.69 Å². The van der Waals surface area contributed by atoms with E-state index in [-0.39, 0.29) is 35.3 Å². The standard InChI is InChI=1S/C15H16N4O3/c1-10(20)9-18-15(14(11(2)21)12(3)22)16-19(17-18)13-7-5-4-6-8-13/h4-8H,9H2,1-3H3/p+1. The van der Waals surface area contributed by atoms with Crippen LogP contribution in [0.3, 0.4) is 0 Å². The highest BCUT2D eigenvalue weighted by molar-refractivity contribution is 6.18. The molecule has 0 unspecified atom stereocenters. The van der Waals surface area contributed by atoms with E-state index in [9.17, 15) is 14.7 Å². The van der Waals surface area contributed by atoms with E-state index >= 15 is 0 Å². The zero-order valence-corrected chi connectivity index (χ0v) is 12.6. The molecule has 1 N–H and O–H groups in total. The molecule has 0 bridgehead atoms. The van der Waals surface area contributed by atoms with Crippen LogP contribution in [0.1, 0.15) is 26.6 Å². The largest absolute Gasteiger partial charge is 0.512 e. The van der Waals surface area contributed by atoms with Crippen molar-refractivity contribution in [2.75, 3.05) is 0 Å². The van der Waals surface area contributed by atoms with E-state index in [0.717, 1.165) is 0 Å². The molecule has 22 heavy (non-hydrogen) atoms. The van der Waals surface area contributed by atoms with E-state index < -0.39 is 0 Å². The normalized spacial score (nSPS) is 12.0. The van der Waals surface area contributed by atoms with Crippen LogP contribution in [-0.2, 0) is 16.1 Å². The Morgan fingerprint density at radius 1 is 1.18 bits per heavy atom. The molecule has 1 aromatic heterocycles. The maximum Gasteiger partial charge on any atom is 0.337 e. The number of Topliss-reactive ketones (excluding diaryl/α,β-unsaturated/α-hetero) is 2. The summed E-state index contributed by atoms with van der Waals surface area (Å²) in [6, 6.07) is 9.10. The summed E-state index contributed by atoms with van der Waals surface area (Å²) in [7, 11) is 0. The fourth-order valence-electron chi connectivity index (χ4n) is 2.05. The molecule has 0 amide bonds. The number of aliphatic hydroxyl groups is 1. The fourth-order valence-corrected chi connectivity index (χ4v) is 2.05. The molecule has 0 saturated heterocycles. The van der Waals surface area contributed by atoms with Crippen molar-refractivity contribution >= 4 is 17.1 Å². The van der Waals surface area contributed by atoms with Gasteiger partial charge in [0.1, 0.15) is 11.3 Å². The Balaban J connectivity index is 2.62. The third-order valence-corrected chi connectivity index (χ3v) is 2.92. The Morgan fingerprint density at radius 3 is 2.32 bits per heavy atom. The summed E-state index contributed by atoms with van der Waals surface area (Å²) in [4.78, 5) is 24.5. The monoisotopic (exact) mass is 301 g/mol. The van der Waals surface area contributed by atoms with Crippen molar-refractivity contribution in [1.82, 2.24) is 15.1 Å². The maximum absolute atomic E-state index is 11.8. The van der Waals surface area contributed by atoms with Gasteiger partial charge >= 0.3 is 5.82 Å². The van der Waals surface area contributed by atoms with Gasteiger partial charge in [0.15, 0.2) is 23.8 Å². The third kappa shape index (κ3) is 3.25. The first kappa shape index (κ1) is 15.6. The van der Waals surface area contributed by atoms with Gasteiger partial charge in [0.2, 0.25) is 0 Å². The van der Waals surface area contributed by atoms with Crippen molar-refractivity contribution in [2.45, 2.75) is 27.3 Å². The van der Waals surface area contributed by atoms with Crippen LogP contribution in [0, 0.1) is 0 Å². The number of para-hydroxylation sites is 1. The third-order valence-electron chi connectivity index (χ3n) is 2.92. The van der Waals surface area contributed by atoms with Crippen molar-refractivity contribution in [3.63, 3.8) is 0 Å². The van der Waals surface area contributed by atoms with Gasteiger partial charge in [0, 0.05) is 4.80 Å². The summed E-state index contributed by atoms with van der Waals surface area (Å²) in [5, 5.41) is 18.2. The van der Waals surface area contributed by atoms with Crippen LogP contribution in [0.5, 0.6) is 0 Å². The highest BCUT2D eigenvalue weighted by Crippen LogP contribution is 2.14. The molecule has 0 radical (unpaired) electrons. The van der Waals surface area contributed by atoms with Gasteiger partial charge in [-0.1, -0.05) is 18.2 Å². The highest BCUT2D eigenvalue weighted by Gasteiger charge is 2.29. The molecular formula is C15H17N4O3+. The number of nitrogens with zero attached hydrogens (tertiary/aromatic N) is 4. The molecule has 7 heteroatoms. The average molecular weight is 301 g/mol. The van der Waals surface area contributed by atoms with Gasteiger partial charge in [-0.25, -0.2) is 0 Å². The van der Waals surface area contributed by atoms with Crippen molar-refractivity contribution in [3.8, 4) is 5.69 Å². The van der Waals surface area contributed by atoms with Gasteiger partial charge in [0.25, 0.3) is 0 Å². The van der Waals surface area contributed by atoms with Crippen molar-refractivity contribution in [3.05, 3.63) is 41.9 Å². The number of rotatable bonds is 5. The predicted octanol–water partition coefficient (Wildman–Crippen LogP) is 1.02. The Labute approximate surface area is 127 Å². The van der Waals surface area contributed by atoms with Gasteiger partial charge in [-0.3, -0.25) is 9.59 Å². The number of hydrogen-bond acceptors (Lipinski definition) is 5. The molecule has 0 aliphatic carbocycles. The predicted molar refractivity (Wildman–Crippen MR) is 78.1 cm³/mol. The van der Waals surface area contributed by atoms with Crippen molar-refractivity contribution < 1.29 is 19.4 Å². The van der Waals surface area contributed by atoms with Crippen LogP contribution >= 0.6 is 0 Å². The summed E-state index contributed by atoms with van der Waals surface area (Å²) < 4.78 is 1.31. The summed E-state index contributed by atoms with van der Waals surface area (Å²) in [5.41, 5.74) is 0.730. The quantitative estimate of drug-likeness (QED) is 0.506. The SMILES string of the molecule is CC(=O)C[n+]1nn(-c2ccccc2)nc1/C(C(C)=O)=C(\C)O. The molecule has 114 valence electrons. The lowest BCUT2D eigenvalue weighted by Crippen LogP contribution is -2.43. The molecule has 2 rings (SSSR count). The zero-order valence-electron chi connectivity index (χ0n) is 12.6. The summed E-state index contributed by atoms with van der Waals surface area (Å²) >= 11 is 0. The van der Waals surface area contributed by atoms with Crippen LogP contribution in [-0.4, -0.2) is 31.8 Å². The van der Waals surface area contributed by atoms with Crippen LogP contribution < -0.4 is 4.68 Å². The molecule has 1 aromatic carbocycles. The second-order valence-electron chi connectivity index (χ2n) is 4.91. The molecule has 0 atom stereocenters. The molecular weight excluding hydrogens is 284 g/mol. The fraction of sp³-hybridized carbons (Fsp3) is 0.267. The van der Waals surface area contributed by atoms with Crippen molar-refractivity contribution in [2.24, 2.45) is 0 Å². The number of benzene rings is 1. The number of aliphatic hydroxyl groups excluding tert-OH is 1. The molecule has 0 fully saturated rings. The molecule has 0 saturated carbocycles. The lowest BCUT2D eigenvalue weighted by molar-refractivity contribution is -0.745. The van der Waals surface area contributed by atoms with E-state index in [2.05, 4.69) is 10.3 Å². The Bertz CT molecular complexity index is 743. The van der Waals surface area contributed by atoms with Crippen LogP contribution in [0.25, 0.3) is 11.3 Å². The molecule has 7 nitrogen and oxygen atoms in total. The number of aromatic nitrogens is 4. The number of carbonyl (C=O) groups excluding carboxylic acids is 2. The molecule has 0 aliphatic rings. The lowest BCUT2D eigenvalue weighted by atomic mass is 10.1. The van der Waals surface area contributed by atoms with E-state index in [1.165, 1.54) is 30.2 Å². The highest BCUT2D eigenvalue weighted by atomic mass is 16.3.